The first-order valence-corrected chi connectivity index (χ1v) is 7.85. The zero-order chi connectivity index (χ0) is 16.5. The minimum Gasteiger partial charge on any atom is -0.487 e. The second kappa shape index (κ2) is 5.98. The van der Waals surface area contributed by atoms with E-state index in [1.54, 1.807) is 12.4 Å². The van der Waals surface area contributed by atoms with E-state index in [0.717, 1.165) is 16.8 Å². The maximum Gasteiger partial charge on any atom is 0.494 e. The van der Waals surface area contributed by atoms with E-state index in [1.165, 1.54) is 0 Å². The summed E-state index contributed by atoms with van der Waals surface area (Å²) in [5.74, 6) is 0.766. The first-order valence-electron chi connectivity index (χ1n) is 7.85. The van der Waals surface area contributed by atoms with Crippen LogP contribution in [0.4, 0.5) is 0 Å². The van der Waals surface area contributed by atoms with Crippen molar-refractivity contribution in [1.82, 2.24) is 4.98 Å². The fraction of sp³-hybridized carbons (Fsp3) is 0.389. The average molecular weight is 311 g/mol. The highest BCUT2D eigenvalue weighted by atomic mass is 16.7. The standard InChI is InChI=1S/C18H22BNO3/c1-17(2)18(3,4)23-19(22-17)15-9-7-14(8-10-15)13-21-16-6-5-11-20-12-16/h5-12H,13H2,1-4H3. The van der Waals surface area contributed by atoms with Gasteiger partial charge in [-0.2, -0.15) is 0 Å². The molecule has 0 bridgehead atoms. The third-order valence-electron chi connectivity index (χ3n) is 4.55. The van der Waals surface area contributed by atoms with Crippen LogP contribution in [0.5, 0.6) is 5.75 Å². The Bertz CT molecular complexity index is 640. The zero-order valence-corrected chi connectivity index (χ0v) is 14.1. The van der Waals surface area contributed by atoms with Crippen molar-refractivity contribution in [2.24, 2.45) is 0 Å². The highest BCUT2D eigenvalue weighted by molar-refractivity contribution is 6.62. The van der Waals surface area contributed by atoms with Crippen molar-refractivity contribution in [3.05, 3.63) is 54.4 Å². The highest BCUT2D eigenvalue weighted by Crippen LogP contribution is 2.36. The van der Waals surface area contributed by atoms with E-state index in [-0.39, 0.29) is 18.3 Å². The molecule has 0 radical (unpaired) electrons. The molecule has 1 fully saturated rings. The Hall–Kier alpha value is -1.85. The van der Waals surface area contributed by atoms with Gasteiger partial charge in [0.15, 0.2) is 0 Å². The maximum absolute atomic E-state index is 6.06. The van der Waals surface area contributed by atoms with Crippen molar-refractivity contribution in [2.75, 3.05) is 0 Å². The number of ether oxygens (including phenoxy) is 1. The van der Waals surface area contributed by atoms with Gasteiger partial charge in [-0.15, -0.1) is 0 Å². The van der Waals surface area contributed by atoms with Crippen molar-refractivity contribution < 1.29 is 14.0 Å². The molecule has 5 heteroatoms. The molecule has 3 rings (SSSR count). The number of aromatic nitrogens is 1. The Morgan fingerprint density at radius 3 is 2.22 bits per heavy atom. The number of pyridine rings is 1. The second-order valence-electron chi connectivity index (χ2n) is 6.81. The molecule has 0 saturated carbocycles. The molecule has 4 nitrogen and oxygen atoms in total. The smallest absolute Gasteiger partial charge is 0.487 e. The van der Waals surface area contributed by atoms with Gasteiger partial charge >= 0.3 is 7.12 Å². The normalized spacial score (nSPS) is 18.9. The summed E-state index contributed by atoms with van der Waals surface area (Å²) in [6, 6.07) is 11.9. The van der Waals surface area contributed by atoms with E-state index in [4.69, 9.17) is 14.0 Å². The Balaban J connectivity index is 1.64. The lowest BCUT2D eigenvalue weighted by atomic mass is 9.79. The van der Waals surface area contributed by atoms with E-state index in [1.807, 2.05) is 36.4 Å². The van der Waals surface area contributed by atoms with Crippen molar-refractivity contribution >= 4 is 12.6 Å². The monoisotopic (exact) mass is 311 g/mol. The lowest BCUT2D eigenvalue weighted by Gasteiger charge is -2.32. The molecule has 0 unspecified atom stereocenters. The quantitative estimate of drug-likeness (QED) is 0.814. The molecule has 23 heavy (non-hydrogen) atoms. The van der Waals surface area contributed by atoms with Gasteiger partial charge < -0.3 is 14.0 Å². The molecule has 0 atom stereocenters. The minimum atomic E-state index is -0.326. The van der Waals surface area contributed by atoms with Crippen LogP contribution in [0.2, 0.25) is 0 Å². The Kier molecular flexibility index (Phi) is 4.17. The first-order chi connectivity index (χ1) is 10.9. The topological polar surface area (TPSA) is 40.6 Å². The maximum atomic E-state index is 6.06. The molecular formula is C18H22BNO3. The van der Waals surface area contributed by atoms with Crippen LogP contribution in [0.15, 0.2) is 48.8 Å². The molecule has 2 heterocycles. The largest absolute Gasteiger partial charge is 0.494 e. The highest BCUT2D eigenvalue weighted by Gasteiger charge is 2.51. The first kappa shape index (κ1) is 16.0. The Morgan fingerprint density at radius 2 is 1.65 bits per heavy atom. The van der Waals surface area contributed by atoms with Gasteiger partial charge in [-0.05, 0) is 50.9 Å². The van der Waals surface area contributed by atoms with E-state index in [0.29, 0.717) is 6.61 Å². The fourth-order valence-corrected chi connectivity index (χ4v) is 2.35. The third-order valence-corrected chi connectivity index (χ3v) is 4.55. The van der Waals surface area contributed by atoms with Crippen LogP contribution in [-0.2, 0) is 15.9 Å². The van der Waals surface area contributed by atoms with Crippen LogP contribution >= 0.6 is 0 Å². The van der Waals surface area contributed by atoms with Gasteiger partial charge in [0, 0.05) is 6.20 Å². The number of hydrogen-bond acceptors (Lipinski definition) is 4. The van der Waals surface area contributed by atoms with Crippen LogP contribution in [0.1, 0.15) is 33.3 Å². The molecule has 2 aromatic rings. The summed E-state index contributed by atoms with van der Waals surface area (Å²) in [6.45, 7) is 8.74. The predicted molar refractivity (Wildman–Crippen MR) is 90.7 cm³/mol. The van der Waals surface area contributed by atoms with Crippen LogP contribution in [0, 0.1) is 0 Å². The number of nitrogens with zero attached hydrogens (tertiary/aromatic N) is 1. The molecule has 0 aliphatic carbocycles. The summed E-state index contributed by atoms with van der Waals surface area (Å²) in [5.41, 5.74) is 1.47. The molecule has 1 aromatic heterocycles. The molecule has 1 saturated heterocycles. The number of benzene rings is 1. The van der Waals surface area contributed by atoms with Crippen molar-refractivity contribution in [2.45, 2.75) is 45.5 Å². The zero-order valence-electron chi connectivity index (χ0n) is 14.1. The van der Waals surface area contributed by atoms with Gasteiger partial charge in [0.1, 0.15) is 12.4 Å². The van der Waals surface area contributed by atoms with Crippen LogP contribution in [0.3, 0.4) is 0 Å². The van der Waals surface area contributed by atoms with E-state index in [9.17, 15) is 0 Å². The Labute approximate surface area is 137 Å². The van der Waals surface area contributed by atoms with Gasteiger partial charge in [-0.1, -0.05) is 24.3 Å². The van der Waals surface area contributed by atoms with Crippen molar-refractivity contribution in [3.63, 3.8) is 0 Å². The molecule has 0 spiro atoms. The van der Waals surface area contributed by atoms with Gasteiger partial charge in [-0.25, -0.2) is 0 Å². The predicted octanol–water partition coefficient (Wildman–Crippen LogP) is 2.96. The molecule has 0 amide bonds. The average Bonchev–Trinajstić information content (AvgIpc) is 2.75. The van der Waals surface area contributed by atoms with E-state index >= 15 is 0 Å². The summed E-state index contributed by atoms with van der Waals surface area (Å²) < 4.78 is 17.8. The third kappa shape index (κ3) is 3.41. The van der Waals surface area contributed by atoms with Gasteiger partial charge in [-0.3, -0.25) is 4.98 Å². The summed E-state index contributed by atoms with van der Waals surface area (Å²) in [5, 5.41) is 0. The summed E-state index contributed by atoms with van der Waals surface area (Å²) >= 11 is 0. The molecular weight excluding hydrogens is 289 g/mol. The lowest BCUT2D eigenvalue weighted by Crippen LogP contribution is -2.41. The molecule has 0 N–H and O–H groups in total. The van der Waals surface area contributed by atoms with Crippen LogP contribution in [-0.4, -0.2) is 23.3 Å². The van der Waals surface area contributed by atoms with Crippen molar-refractivity contribution in [1.29, 1.82) is 0 Å². The van der Waals surface area contributed by atoms with Crippen LogP contribution < -0.4 is 10.2 Å². The lowest BCUT2D eigenvalue weighted by molar-refractivity contribution is 0.00578. The van der Waals surface area contributed by atoms with Gasteiger partial charge in [0.2, 0.25) is 0 Å². The van der Waals surface area contributed by atoms with Gasteiger partial charge in [0.05, 0.1) is 17.4 Å². The minimum absolute atomic E-state index is 0.320. The fourth-order valence-electron chi connectivity index (χ4n) is 2.35. The second-order valence-corrected chi connectivity index (χ2v) is 6.81. The molecule has 1 aliphatic rings. The summed E-state index contributed by atoms with van der Waals surface area (Å²) in [4.78, 5) is 4.03. The summed E-state index contributed by atoms with van der Waals surface area (Å²) in [6.07, 6.45) is 3.44. The SMILES string of the molecule is CC1(C)OB(c2ccc(COc3cccnc3)cc2)OC1(C)C. The van der Waals surface area contributed by atoms with Crippen LogP contribution in [0.25, 0.3) is 0 Å². The summed E-state index contributed by atoms with van der Waals surface area (Å²) in [7, 11) is -0.326. The molecule has 1 aliphatic heterocycles. The number of hydrogen-bond donors (Lipinski definition) is 0. The van der Waals surface area contributed by atoms with E-state index < -0.39 is 0 Å². The molecule has 120 valence electrons. The Morgan fingerprint density at radius 1 is 1.00 bits per heavy atom. The van der Waals surface area contributed by atoms with E-state index in [2.05, 4.69) is 32.7 Å². The molecule has 1 aromatic carbocycles. The van der Waals surface area contributed by atoms with Gasteiger partial charge in [0.25, 0.3) is 0 Å². The number of rotatable bonds is 4. The van der Waals surface area contributed by atoms with Crippen molar-refractivity contribution in [3.8, 4) is 5.75 Å².